The highest BCUT2D eigenvalue weighted by Crippen LogP contribution is 2.53. The summed E-state index contributed by atoms with van der Waals surface area (Å²) in [7, 11) is 0. The van der Waals surface area contributed by atoms with Gasteiger partial charge in [-0.25, -0.2) is 0 Å². The number of ketones is 2. The number of Topliss-reactive ketones (excluding diaryl/α,β-unsaturated/α-hetero) is 2. The van der Waals surface area contributed by atoms with Crippen molar-refractivity contribution in [2.45, 2.75) is 38.4 Å². The van der Waals surface area contributed by atoms with Crippen LogP contribution in [0.1, 0.15) is 26.7 Å². The second-order valence-corrected chi connectivity index (χ2v) is 6.40. The summed E-state index contributed by atoms with van der Waals surface area (Å²) < 4.78 is 5.74. The Hall–Kier alpha value is -1.00. The Balaban J connectivity index is 2.10. The van der Waals surface area contributed by atoms with Gasteiger partial charge < -0.3 is 9.84 Å². The fourth-order valence-electron chi connectivity index (χ4n) is 4.16. The van der Waals surface area contributed by atoms with E-state index in [0.717, 1.165) is 0 Å². The van der Waals surface area contributed by atoms with Crippen LogP contribution in [-0.4, -0.2) is 35.0 Å². The number of hydrogen-bond donors (Lipinski definition) is 1. The first-order valence-corrected chi connectivity index (χ1v) is 6.95. The molecule has 2 aliphatic carbocycles. The lowest BCUT2D eigenvalue weighted by molar-refractivity contribution is -0.196. The Bertz CT molecular complexity index is 467. The molecule has 1 aliphatic heterocycles. The van der Waals surface area contributed by atoms with E-state index in [1.807, 2.05) is 13.8 Å². The number of aliphatic hydroxyl groups is 1. The fraction of sp³-hybridized carbons (Fsp3) is 0.733. The predicted molar refractivity (Wildman–Crippen MR) is 68.4 cm³/mol. The molecule has 3 aliphatic rings. The Morgan fingerprint density at radius 3 is 2.68 bits per heavy atom. The van der Waals surface area contributed by atoms with Gasteiger partial charge >= 0.3 is 0 Å². The van der Waals surface area contributed by atoms with E-state index in [-0.39, 0.29) is 47.9 Å². The second kappa shape index (κ2) is 4.00. The minimum atomic E-state index is -1.48. The third-order valence-electron chi connectivity index (χ3n) is 5.39. The molecule has 0 amide bonds. The Morgan fingerprint density at radius 2 is 2.00 bits per heavy atom. The number of carbonyl (C=O) groups excluding carboxylic acids is 2. The number of ether oxygens (including phenoxy) is 1. The molecule has 0 aromatic heterocycles. The summed E-state index contributed by atoms with van der Waals surface area (Å²) >= 11 is 0. The summed E-state index contributed by atoms with van der Waals surface area (Å²) in [6, 6.07) is 0. The smallest absolute Gasteiger partial charge is 0.169 e. The summed E-state index contributed by atoms with van der Waals surface area (Å²) in [6.45, 7) is 7.83. The van der Waals surface area contributed by atoms with Crippen molar-refractivity contribution >= 4 is 11.6 Å². The van der Waals surface area contributed by atoms with E-state index in [1.54, 1.807) is 0 Å². The lowest BCUT2D eigenvalue weighted by Crippen LogP contribution is -2.67. The molecule has 0 aromatic rings. The number of hydrogen-bond acceptors (Lipinski definition) is 4. The largest absolute Gasteiger partial charge is 0.377 e. The zero-order valence-corrected chi connectivity index (χ0v) is 11.4. The Morgan fingerprint density at radius 1 is 1.32 bits per heavy atom. The van der Waals surface area contributed by atoms with Gasteiger partial charge in [0.15, 0.2) is 11.4 Å². The van der Waals surface area contributed by atoms with Gasteiger partial charge in [-0.2, -0.15) is 0 Å². The van der Waals surface area contributed by atoms with Crippen molar-refractivity contribution in [1.82, 2.24) is 0 Å². The van der Waals surface area contributed by atoms with Crippen molar-refractivity contribution in [3.63, 3.8) is 0 Å². The van der Waals surface area contributed by atoms with Crippen molar-refractivity contribution < 1.29 is 19.4 Å². The zero-order valence-electron chi connectivity index (χ0n) is 11.4. The molecule has 2 saturated carbocycles. The van der Waals surface area contributed by atoms with Crippen molar-refractivity contribution in [2.24, 2.45) is 23.7 Å². The van der Waals surface area contributed by atoms with E-state index < -0.39 is 5.60 Å². The van der Waals surface area contributed by atoms with Gasteiger partial charge in [0, 0.05) is 24.7 Å². The SMILES string of the molecule is C=C1CO[C@@H]2[C@H]3[C@H](CC(=O)[C@@H]2C)[C@@H](C)CC(=O)[C@@]13O. The van der Waals surface area contributed by atoms with Gasteiger partial charge in [0.25, 0.3) is 0 Å². The molecule has 3 fully saturated rings. The van der Waals surface area contributed by atoms with E-state index in [9.17, 15) is 14.7 Å². The van der Waals surface area contributed by atoms with Crippen LogP contribution in [0.4, 0.5) is 0 Å². The van der Waals surface area contributed by atoms with Crippen molar-refractivity contribution in [3.8, 4) is 0 Å². The maximum Gasteiger partial charge on any atom is 0.169 e. The second-order valence-electron chi connectivity index (χ2n) is 6.40. The van der Waals surface area contributed by atoms with Gasteiger partial charge in [0.05, 0.1) is 12.7 Å². The van der Waals surface area contributed by atoms with E-state index >= 15 is 0 Å². The van der Waals surface area contributed by atoms with Crippen LogP contribution < -0.4 is 0 Å². The Kier molecular flexibility index (Phi) is 2.74. The van der Waals surface area contributed by atoms with E-state index in [2.05, 4.69) is 6.58 Å². The lowest BCUT2D eigenvalue weighted by atomic mass is 9.53. The van der Waals surface area contributed by atoms with Crippen molar-refractivity contribution in [3.05, 3.63) is 12.2 Å². The van der Waals surface area contributed by atoms with E-state index in [4.69, 9.17) is 4.74 Å². The highest BCUT2D eigenvalue weighted by molar-refractivity contribution is 5.93. The van der Waals surface area contributed by atoms with Gasteiger partial charge in [-0.1, -0.05) is 20.4 Å². The minimum Gasteiger partial charge on any atom is -0.377 e. The molecule has 4 nitrogen and oxygen atoms in total. The van der Waals surface area contributed by atoms with Gasteiger partial charge in [0.1, 0.15) is 5.78 Å². The van der Waals surface area contributed by atoms with Crippen LogP contribution in [0.25, 0.3) is 0 Å². The van der Waals surface area contributed by atoms with Crippen LogP contribution in [0.15, 0.2) is 12.2 Å². The lowest BCUT2D eigenvalue weighted by Gasteiger charge is -2.56. The number of rotatable bonds is 0. The summed E-state index contributed by atoms with van der Waals surface area (Å²) in [5.74, 6) is -0.389. The first kappa shape index (κ1) is 13.0. The van der Waals surface area contributed by atoms with Gasteiger partial charge in [-0.3, -0.25) is 9.59 Å². The van der Waals surface area contributed by atoms with Crippen LogP contribution in [0.3, 0.4) is 0 Å². The maximum atomic E-state index is 12.3. The molecule has 0 bridgehead atoms. The van der Waals surface area contributed by atoms with Crippen molar-refractivity contribution in [2.75, 3.05) is 6.61 Å². The maximum absolute atomic E-state index is 12.3. The Labute approximate surface area is 112 Å². The minimum absolute atomic E-state index is 0.0217. The molecule has 1 N–H and O–H groups in total. The molecule has 3 rings (SSSR count). The van der Waals surface area contributed by atoms with Gasteiger partial charge in [-0.15, -0.1) is 0 Å². The topological polar surface area (TPSA) is 63.6 Å². The average Bonchev–Trinajstić information content (AvgIpc) is 2.35. The molecule has 19 heavy (non-hydrogen) atoms. The first-order chi connectivity index (χ1) is 8.87. The zero-order chi connectivity index (χ0) is 13.9. The molecule has 0 spiro atoms. The van der Waals surface area contributed by atoms with Crippen LogP contribution in [0.2, 0.25) is 0 Å². The van der Waals surface area contributed by atoms with Gasteiger partial charge in [-0.05, 0) is 17.4 Å². The molecule has 104 valence electrons. The van der Waals surface area contributed by atoms with Crippen LogP contribution in [-0.2, 0) is 14.3 Å². The van der Waals surface area contributed by atoms with E-state index in [1.165, 1.54) is 0 Å². The van der Waals surface area contributed by atoms with E-state index in [0.29, 0.717) is 18.4 Å². The first-order valence-electron chi connectivity index (χ1n) is 6.95. The molecule has 4 heteroatoms. The summed E-state index contributed by atoms with van der Waals surface area (Å²) in [6.07, 6.45) is 0.411. The van der Waals surface area contributed by atoms with Crippen molar-refractivity contribution in [1.29, 1.82) is 0 Å². The van der Waals surface area contributed by atoms with Gasteiger partial charge in [0.2, 0.25) is 0 Å². The quantitative estimate of drug-likeness (QED) is 0.666. The molecular formula is C15H20O4. The fourth-order valence-corrected chi connectivity index (χ4v) is 4.16. The standard InChI is InChI=1S/C15H20O4/c1-7-4-12(17)15(18)8(2)6-19-14-9(3)11(16)5-10(7)13(14)15/h7,9-10,13-14,18H,2,4-6H2,1,3H3/t7-,9-,10+,13+,14-,15-/m0/s1. The monoisotopic (exact) mass is 264 g/mol. The highest BCUT2D eigenvalue weighted by Gasteiger charge is 2.62. The number of carbonyl (C=O) groups is 2. The predicted octanol–water partition coefficient (Wildman–Crippen LogP) is 1.12. The molecule has 1 heterocycles. The van der Waals surface area contributed by atoms with Crippen LogP contribution in [0.5, 0.6) is 0 Å². The van der Waals surface area contributed by atoms with Crippen LogP contribution in [0, 0.1) is 23.7 Å². The molecule has 0 aromatic carbocycles. The molecule has 0 unspecified atom stereocenters. The van der Waals surface area contributed by atoms with Crippen LogP contribution >= 0.6 is 0 Å². The molecule has 0 radical (unpaired) electrons. The average molecular weight is 264 g/mol. The summed E-state index contributed by atoms with van der Waals surface area (Å²) in [5.41, 5.74) is -1.02. The third kappa shape index (κ3) is 1.53. The normalized spacial score (nSPS) is 50.1. The molecular weight excluding hydrogens is 244 g/mol. The molecule has 6 atom stereocenters. The summed E-state index contributed by atoms with van der Waals surface area (Å²) in [5, 5.41) is 10.9. The highest BCUT2D eigenvalue weighted by atomic mass is 16.5. The third-order valence-corrected chi connectivity index (χ3v) is 5.39. The molecule has 1 saturated heterocycles. The summed E-state index contributed by atoms with van der Waals surface area (Å²) in [4.78, 5) is 24.4.